The largest absolute Gasteiger partial charge is 0.432 e. The Labute approximate surface area is 188 Å². The zero-order valence-electron chi connectivity index (χ0n) is 17.2. The average Bonchev–Trinajstić information content (AvgIpc) is 2.74. The highest BCUT2D eigenvalue weighted by Crippen LogP contribution is 2.35. The number of amides is 2. The number of benzene rings is 1. The predicted molar refractivity (Wildman–Crippen MR) is 108 cm³/mol. The number of nitrogens with one attached hydrogen (secondary N) is 1. The van der Waals surface area contributed by atoms with Gasteiger partial charge in [-0.05, 0) is 43.3 Å². The Morgan fingerprint density at radius 2 is 1.82 bits per heavy atom. The van der Waals surface area contributed by atoms with Gasteiger partial charge in [-0.1, -0.05) is 6.07 Å². The van der Waals surface area contributed by atoms with Crippen molar-refractivity contribution in [1.82, 2.24) is 9.97 Å². The second kappa shape index (κ2) is 9.68. The maximum absolute atomic E-state index is 13.2. The minimum absolute atomic E-state index is 0.0379. The number of nitrogens with two attached hydrogens (primary N) is 1. The van der Waals surface area contributed by atoms with Gasteiger partial charge >= 0.3 is 12.8 Å². The molecular formula is C21H15F5N4O4. The zero-order valence-corrected chi connectivity index (χ0v) is 17.2. The van der Waals surface area contributed by atoms with Gasteiger partial charge in [0.15, 0.2) is 5.75 Å². The van der Waals surface area contributed by atoms with E-state index in [9.17, 15) is 31.5 Å². The summed E-state index contributed by atoms with van der Waals surface area (Å²) < 4.78 is 74.8. The summed E-state index contributed by atoms with van der Waals surface area (Å²) in [5.74, 6) is -3.59. The summed E-state index contributed by atoms with van der Waals surface area (Å²) in [5, 5.41) is 2.31. The lowest BCUT2D eigenvalue weighted by Crippen LogP contribution is -2.17. The molecule has 0 saturated carbocycles. The van der Waals surface area contributed by atoms with Crippen LogP contribution in [0.2, 0.25) is 0 Å². The van der Waals surface area contributed by atoms with Crippen molar-refractivity contribution < 1.29 is 41.0 Å². The lowest BCUT2D eigenvalue weighted by molar-refractivity contribution is -0.137. The molecule has 0 spiro atoms. The fraction of sp³-hybridized carbons (Fsp3) is 0.143. The number of nitrogens with zero attached hydrogens (tertiary/aromatic N) is 2. The van der Waals surface area contributed by atoms with Gasteiger partial charge in [0.1, 0.15) is 5.56 Å². The van der Waals surface area contributed by atoms with Crippen LogP contribution >= 0.6 is 0 Å². The zero-order chi connectivity index (χ0) is 25.0. The summed E-state index contributed by atoms with van der Waals surface area (Å²) in [6, 6.07) is 8.36. The molecule has 2 aromatic heterocycles. The minimum atomic E-state index is -4.85. The predicted octanol–water partition coefficient (Wildman–Crippen LogP) is 4.55. The highest BCUT2D eigenvalue weighted by molar-refractivity contribution is 6.06. The fourth-order valence-electron chi connectivity index (χ4n) is 2.67. The van der Waals surface area contributed by atoms with E-state index in [4.69, 9.17) is 10.5 Å². The van der Waals surface area contributed by atoms with E-state index in [1.165, 1.54) is 43.3 Å². The summed E-state index contributed by atoms with van der Waals surface area (Å²) in [7, 11) is 0. The van der Waals surface area contributed by atoms with Gasteiger partial charge in [-0.15, -0.1) is 0 Å². The average molecular weight is 482 g/mol. The van der Waals surface area contributed by atoms with Crippen LogP contribution in [0.1, 0.15) is 32.0 Å². The molecule has 0 unspecified atom stereocenters. The standard InChI is InChI=1S/C21H15F5N4O4/c1-10-5-6-15(19(29-10)34-20(22)23)33-18-14(8-12(9-28-18)21(24,25)26)17(32)30-13-4-2-3-11(7-13)16(27)31/h2-9,20H,1H3,(H2,27,31)(H,30,32). The van der Waals surface area contributed by atoms with Crippen molar-refractivity contribution in [1.29, 1.82) is 0 Å². The molecule has 13 heteroatoms. The number of rotatable bonds is 7. The van der Waals surface area contributed by atoms with Crippen molar-refractivity contribution in [2.75, 3.05) is 5.32 Å². The SMILES string of the molecule is Cc1ccc(Oc2ncc(C(F)(F)F)cc2C(=O)Nc2cccc(C(N)=O)c2)c(OC(F)F)n1. The highest BCUT2D eigenvalue weighted by Gasteiger charge is 2.33. The summed E-state index contributed by atoms with van der Waals surface area (Å²) in [5.41, 5.74) is 3.61. The third-order valence-corrected chi connectivity index (χ3v) is 4.20. The highest BCUT2D eigenvalue weighted by atomic mass is 19.4. The first-order chi connectivity index (χ1) is 15.9. The van der Waals surface area contributed by atoms with E-state index in [0.717, 1.165) is 0 Å². The normalized spacial score (nSPS) is 11.3. The van der Waals surface area contributed by atoms with E-state index in [1.807, 2.05) is 0 Å². The van der Waals surface area contributed by atoms with Crippen LogP contribution < -0.4 is 20.5 Å². The number of carbonyl (C=O) groups is 2. The second-order valence-corrected chi connectivity index (χ2v) is 6.71. The molecule has 178 valence electrons. The Kier molecular flexibility index (Phi) is 6.94. The maximum atomic E-state index is 13.2. The minimum Gasteiger partial charge on any atom is -0.432 e. The summed E-state index contributed by atoms with van der Waals surface area (Å²) in [6.45, 7) is -1.78. The molecule has 0 saturated heterocycles. The monoisotopic (exact) mass is 482 g/mol. The van der Waals surface area contributed by atoms with E-state index in [2.05, 4.69) is 20.0 Å². The number of primary amides is 1. The van der Waals surface area contributed by atoms with Crippen LogP contribution in [0.3, 0.4) is 0 Å². The van der Waals surface area contributed by atoms with Crippen molar-refractivity contribution in [3.8, 4) is 17.5 Å². The van der Waals surface area contributed by atoms with Gasteiger partial charge in [0, 0.05) is 23.1 Å². The number of halogens is 5. The molecule has 0 atom stereocenters. The third-order valence-electron chi connectivity index (χ3n) is 4.20. The van der Waals surface area contributed by atoms with Gasteiger partial charge in [-0.25, -0.2) is 9.97 Å². The number of aryl methyl sites for hydroxylation is 1. The van der Waals surface area contributed by atoms with E-state index >= 15 is 0 Å². The number of alkyl halides is 5. The van der Waals surface area contributed by atoms with E-state index < -0.39 is 53.2 Å². The summed E-state index contributed by atoms with van der Waals surface area (Å²) in [6.07, 6.45) is -4.43. The molecule has 3 aromatic rings. The van der Waals surface area contributed by atoms with Gasteiger partial charge in [-0.2, -0.15) is 22.0 Å². The van der Waals surface area contributed by atoms with Crippen LogP contribution in [0.5, 0.6) is 17.5 Å². The van der Waals surface area contributed by atoms with Gasteiger partial charge in [0.25, 0.3) is 11.8 Å². The molecule has 3 N–H and O–H groups in total. The molecule has 0 aliphatic rings. The summed E-state index contributed by atoms with van der Waals surface area (Å²) in [4.78, 5) is 31.5. The first-order valence-electron chi connectivity index (χ1n) is 9.33. The molecule has 0 radical (unpaired) electrons. The quantitative estimate of drug-likeness (QED) is 0.478. The molecule has 0 bridgehead atoms. The molecule has 34 heavy (non-hydrogen) atoms. The molecular weight excluding hydrogens is 467 g/mol. The molecule has 8 nitrogen and oxygen atoms in total. The third kappa shape index (κ3) is 5.94. The van der Waals surface area contributed by atoms with Crippen molar-refractivity contribution in [2.45, 2.75) is 19.7 Å². The number of hydrogen-bond acceptors (Lipinski definition) is 6. The molecule has 1 aromatic carbocycles. The first-order valence-corrected chi connectivity index (χ1v) is 9.33. The Morgan fingerprint density at radius 3 is 2.47 bits per heavy atom. The van der Waals surface area contributed by atoms with Crippen molar-refractivity contribution in [3.05, 3.63) is 71.0 Å². The number of aromatic nitrogens is 2. The molecule has 2 amide bonds. The topological polar surface area (TPSA) is 116 Å². The van der Waals surface area contributed by atoms with Crippen LogP contribution in [0.25, 0.3) is 0 Å². The van der Waals surface area contributed by atoms with Crippen LogP contribution in [0, 0.1) is 6.92 Å². The number of pyridine rings is 2. The number of anilines is 1. The number of hydrogen-bond donors (Lipinski definition) is 2. The maximum Gasteiger partial charge on any atom is 0.417 e. The van der Waals surface area contributed by atoms with Crippen molar-refractivity contribution in [3.63, 3.8) is 0 Å². The Bertz CT molecular complexity index is 1230. The van der Waals surface area contributed by atoms with E-state index in [-0.39, 0.29) is 16.9 Å². The van der Waals surface area contributed by atoms with Crippen molar-refractivity contribution in [2.24, 2.45) is 5.73 Å². The lowest BCUT2D eigenvalue weighted by atomic mass is 10.1. The molecule has 2 heterocycles. The van der Waals surface area contributed by atoms with Gasteiger partial charge in [-0.3, -0.25) is 9.59 Å². The van der Waals surface area contributed by atoms with Gasteiger partial charge in [0.2, 0.25) is 11.8 Å². The summed E-state index contributed by atoms with van der Waals surface area (Å²) >= 11 is 0. The number of carbonyl (C=O) groups excluding carboxylic acids is 2. The second-order valence-electron chi connectivity index (χ2n) is 6.71. The van der Waals surface area contributed by atoms with Crippen molar-refractivity contribution >= 4 is 17.5 Å². The lowest BCUT2D eigenvalue weighted by Gasteiger charge is -2.15. The Morgan fingerprint density at radius 1 is 1.09 bits per heavy atom. The number of ether oxygens (including phenoxy) is 2. The smallest absolute Gasteiger partial charge is 0.417 e. The van der Waals surface area contributed by atoms with Crippen LogP contribution in [0.4, 0.5) is 27.6 Å². The van der Waals surface area contributed by atoms with Gasteiger partial charge in [0.05, 0.1) is 5.56 Å². The Hall–Kier alpha value is -4.29. The van der Waals surface area contributed by atoms with Crippen LogP contribution in [0.15, 0.2) is 48.7 Å². The van der Waals surface area contributed by atoms with Gasteiger partial charge < -0.3 is 20.5 Å². The molecule has 3 rings (SSSR count). The Balaban J connectivity index is 2.02. The van der Waals surface area contributed by atoms with Crippen LogP contribution in [-0.4, -0.2) is 28.4 Å². The fourth-order valence-corrected chi connectivity index (χ4v) is 2.67. The van der Waals surface area contributed by atoms with E-state index in [0.29, 0.717) is 12.3 Å². The molecule has 0 aliphatic heterocycles. The molecule has 0 aliphatic carbocycles. The van der Waals surface area contributed by atoms with Crippen LogP contribution in [-0.2, 0) is 6.18 Å². The van der Waals surface area contributed by atoms with E-state index in [1.54, 1.807) is 0 Å². The first kappa shape index (κ1) is 24.4. The molecule has 0 fully saturated rings.